The Labute approximate surface area is 298 Å². The minimum absolute atomic E-state index is 0.169. The van der Waals surface area contributed by atoms with E-state index < -0.39 is 12.2 Å². The van der Waals surface area contributed by atoms with E-state index in [1.54, 1.807) is 4.90 Å². The average Bonchev–Trinajstić information content (AvgIpc) is 3.55. The van der Waals surface area contributed by atoms with E-state index in [2.05, 4.69) is 15.0 Å². The van der Waals surface area contributed by atoms with Crippen molar-refractivity contribution in [1.82, 2.24) is 29.5 Å². The molecule has 3 saturated heterocycles. The third-order valence-electron chi connectivity index (χ3n) is 11.0. The number of nitrogens with zero attached hydrogens (tertiary/aromatic N) is 5. The van der Waals surface area contributed by atoms with Gasteiger partial charge in [-0.05, 0) is 94.0 Å². The van der Waals surface area contributed by atoms with Gasteiger partial charge in [-0.1, -0.05) is 42.5 Å². The van der Waals surface area contributed by atoms with Crippen LogP contribution in [0.4, 0.5) is 4.79 Å². The van der Waals surface area contributed by atoms with E-state index in [1.165, 1.54) is 11.8 Å². The molecule has 51 heavy (non-hydrogen) atoms. The second-order valence-electron chi connectivity index (χ2n) is 14.3. The van der Waals surface area contributed by atoms with Crippen molar-refractivity contribution in [3.05, 3.63) is 69.6 Å². The maximum atomic E-state index is 14.1. The van der Waals surface area contributed by atoms with E-state index in [4.69, 9.17) is 9.47 Å². The van der Waals surface area contributed by atoms with Crippen molar-refractivity contribution in [2.45, 2.75) is 70.9 Å². The molecule has 2 N–H and O–H groups in total. The number of hydrogen-bond donors (Lipinski definition) is 2. The van der Waals surface area contributed by atoms with E-state index in [9.17, 15) is 24.3 Å². The highest BCUT2D eigenvalue weighted by Gasteiger charge is 2.36. The number of carbonyl (C=O) groups excluding carboxylic acids is 3. The molecule has 3 aliphatic rings. The molecule has 1 aromatic heterocycles. The van der Waals surface area contributed by atoms with Gasteiger partial charge in [-0.2, -0.15) is 0 Å². The summed E-state index contributed by atoms with van der Waals surface area (Å²) >= 11 is 0. The number of aromatic nitrogens is 3. The van der Waals surface area contributed by atoms with Gasteiger partial charge in [0.05, 0.1) is 19.7 Å². The fraction of sp³-hybridized carbons (Fsp3) is 0.553. The van der Waals surface area contributed by atoms with Crippen LogP contribution in [0.25, 0.3) is 11.4 Å². The number of H-pyrrole nitrogens is 1. The topological polar surface area (TPSA) is 150 Å². The number of amides is 2. The Morgan fingerprint density at radius 3 is 2.08 bits per heavy atom. The van der Waals surface area contributed by atoms with Gasteiger partial charge in [0.15, 0.2) is 11.9 Å². The number of esters is 1. The summed E-state index contributed by atoms with van der Waals surface area (Å²) in [5, 5.41) is 14.9. The molecule has 2 amide bonds. The van der Waals surface area contributed by atoms with Crippen LogP contribution in [0.1, 0.15) is 61.3 Å². The number of likely N-dealkylation sites (tertiary alicyclic amines) is 3. The monoisotopic (exact) mass is 702 g/mol. The van der Waals surface area contributed by atoms with Crippen LogP contribution < -0.4 is 5.69 Å². The van der Waals surface area contributed by atoms with Crippen molar-refractivity contribution < 1.29 is 29.0 Å². The number of benzene rings is 2. The van der Waals surface area contributed by atoms with E-state index in [0.717, 1.165) is 49.9 Å². The molecule has 6 rings (SSSR count). The predicted molar refractivity (Wildman–Crippen MR) is 190 cm³/mol. The number of ether oxygens (including phenoxy) is 2. The van der Waals surface area contributed by atoms with Gasteiger partial charge in [0.2, 0.25) is 0 Å². The highest BCUT2D eigenvalue weighted by Crippen LogP contribution is 2.33. The first-order chi connectivity index (χ1) is 24.6. The summed E-state index contributed by atoms with van der Waals surface area (Å²) in [4.78, 5) is 60.6. The molecule has 4 heterocycles. The highest BCUT2D eigenvalue weighted by atomic mass is 16.6. The number of piperidine rings is 3. The van der Waals surface area contributed by atoms with Crippen LogP contribution in [-0.2, 0) is 25.5 Å². The molecule has 1 atom stereocenters. The number of rotatable bonds is 9. The summed E-state index contributed by atoms with van der Waals surface area (Å²) in [6.07, 6.45) is 3.51. The summed E-state index contributed by atoms with van der Waals surface area (Å²) in [5.74, 6) is 1.37. The van der Waals surface area contributed by atoms with Crippen molar-refractivity contribution in [2.75, 3.05) is 52.9 Å². The number of aromatic amines is 1. The minimum atomic E-state index is -1.01. The number of methoxy groups -OCH3 is 1. The molecule has 3 aromatic rings. The van der Waals surface area contributed by atoms with Gasteiger partial charge in [0.25, 0.3) is 5.91 Å². The first kappa shape index (κ1) is 36.2. The van der Waals surface area contributed by atoms with E-state index in [1.807, 2.05) is 61.2 Å². The first-order valence-electron chi connectivity index (χ1n) is 18.2. The fourth-order valence-corrected chi connectivity index (χ4v) is 7.98. The predicted octanol–water partition coefficient (Wildman–Crippen LogP) is 4.07. The Kier molecular flexibility index (Phi) is 11.4. The van der Waals surface area contributed by atoms with E-state index >= 15 is 0 Å². The number of phenols is 1. The van der Waals surface area contributed by atoms with Crippen molar-refractivity contribution in [3.63, 3.8) is 0 Å². The van der Waals surface area contributed by atoms with Crippen LogP contribution in [0, 0.1) is 25.7 Å². The molecular formula is C38H50N6O7. The molecule has 13 nitrogen and oxygen atoms in total. The first-order valence-corrected chi connectivity index (χ1v) is 18.2. The van der Waals surface area contributed by atoms with Crippen LogP contribution in [0.2, 0.25) is 0 Å². The second kappa shape index (κ2) is 16.1. The van der Waals surface area contributed by atoms with Gasteiger partial charge in [-0.15, -0.1) is 5.10 Å². The molecule has 2 aromatic carbocycles. The molecule has 0 unspecified atom stereocenters. The van der Waals surface area contributed by atoms with Gasteiger partial charge in [0, 0.05) is 38.2 Å². The molecular weight excluding hydrogens is 652 g/mol. The summed E-state index contributed by atoms with van der Waals surface area (Å²) in [7, 11) is 1.42. The number of aromatic hydroxyl groups is 1. The minimum Gasteiger partial charge on any atom is -0.507 e. The number of nitrogens with one attached hydrogen (secondary N) is 1. The van der Waals surface area contributed by atoms with Crippen LogP contribution in [0.5, 0.6) is 5.75 Å². The number of hydrogen-bond acceptors (Lipinski definition) is 9. The van der Waals surface area contributed by atoms with E-state index in [0.29, 0.717) is 74.4 Å². The number of carbonyl (C=O) groups is 3. The summed E-state index contributed by atoms with van der Waals surface area (Å²) in [5.41, 5.74) is 2.76. The molecule has 274 valence electrons. The molecule has 0 saturated carbocycles. The normalized spacial score (nSPS) is 18.8. The van der Waals surface area contributed by atoms with Crippen molar-refractivity contribution in [2.24, 2.45) is 11.8 Å². The van der Waals surface area contributed by atoms with Crippen LogP contribution in [0.3, 0.4) is 0 Å². The molecule has 0 spiro atoms. The Bertz CT molecular complexity index is 1710. The van der Waals surface area contributed by atoms with Gasteiger partial charge in [-0.25, -0.2) is 14.3 Å². The van der Waals surface area contributed by atoms with Gasteiger partial charge in [0.1, 0.15) is 5.75 Å². The second-order valence-corrected chi connectivity index (χ2v) is 14.3. The molecule has 3 fully saturated rings. The quantitative estimate of drug-likeness (QED) is 0.315. The molecule has 0 aliphatic carbocycles. The zero-order valence-corrected chi connectivity index (χ0v) is 29.9. The van der Waals surface area contributed by atoms with Gasteiger partial charge >= 0.3 is 17.8 Å². The lowest BCUT2D eigenvalue weighted by Crippen LogP contribution is -2.49. The SMILES string of the molecule is COC(=O)CN1CCC(C2CCN(C(=O)[C@@H](Cc3cc(C)c(O)c(C)c3)OC(=O)N3CCC(n4nc(-c5ccccc5)[nH]c4=O)CC3)CC2)CC1. The lowest BCUT2D eigenvalue weighted by Gasteiger charge is -2.40. The van der Waals surface area contributed by atoms with Gasteiger partial charge in [-0.3, -0.25) is 19.5 Å². The largest absolute Gasteiger partial charge is 0.507 e. The summed E-state index contributed by atoms with van der Waals surface area (Å²) in [6.45, 7) is 7.63. The highest BCUT2D eigenvalue weighted by molar-refractivity contribution is 5.84. The fourth-order valence-electron chi connectivity index (χ4n) is 7.98. The Morgan fingerprint density at radius 1 is 0.882 bits per heavy atom. The lowest BCUT2D eigenvalue weighted by atomic mass is 9.78. The molecule has 3 aliphatic heterocycles. The van der Waals surface area contributed by atoms with E-state index in [-0.39, 0.29) is 35.8 Å². The molecule has 13 heteroatoms. The number of aryl methyl sites for hydroxylation is 2. The maximum Gasteiger partial charge on any atom is 0.410 e. The summed E-state index contributed by atoms with van der Waals surface area (Å²) < 4.78 is 12.3. The molecule has 0 radical (unpaired) electrons. The Hall–Kier alpha value is -4.65. The number of phenolic OH excluding ortho intramolecular Hbond substituents is 1. The zero-order chi connectivity index (χ0) is 36.1. The van der Waals surface area contributed by atoms with Crippen molar-refractivity contribution in [1.29, 1.82) is 0 Å². The van der Waals surface area contributed by atoms with Crippen LogP contribution >= 0.6 is 0 Å². The average molecular weight is 703 g/mol. The van der Waals surface area contributed by atoms with Crippen molar-refractivity contribution >= 4 is 18.0 Å². The van der Waals surface area contributed by atoms with Crippen LogP contribution in [0.15, 0.2) is 47.3 Å². The molecule has 0 bridgehead atoms. The summed E-state index contributed by atoms with van der Waals surface area (Å²) in [6, 6.07) is 13.0. The third kappa shape index (κ3) is 8.63. The smallest absolute Gasteiger partial charge is 0.410 e. The third-order valence-corrected chi connectivity index (χ3v) is 11.0. The standard InChI is InChI=1S/C38H50N6O7/c1-25-21-27(22-26(2)34(25)46)23-32(36(47)42-17-11-29(12-18-42)28-9-15-41(16-10-28)24-33(45)50-3)51-38(49)43-19-13-31(14-20-43)44-37(48)39-35(40-44)30-7-5-4-6-8-30/h4-8,21-22,28-29,31-32,46H,9-20,23-24H2,1-3H3,(H,39,40,48)/t32-/m1/s1. The van der Waals surface area contributed by atoms with Gasteiger partial charge < -0.3 is 24.4 Å². The lowest BCUT2D eigenvalue weighted by molar-refractivity contribution is -0.142. The Balaban J connectivity index is 1.07. The Morgan fingerprint density at radius 2 is 1.47 bits per heavy atom. The maximum absolute atomic E-state index is 14.1. The van der Waals surface area contributed by atoms with Crippen LogP contribution in [-0.4, -0.2) is 112 Å². The zero-order valence-electron chi connectivity index (χ0n) is 29.9. The van der Waals surface area contributed by atoms with Crippen molar-refractivity contribution in [3.8, 4) is 17.1 Å².